The average Bonchev–Trinajstić information content (AvgIpc) is 3.09. The van der Waals surface area contributed by atoms with Gasteiger partial charge in [-0.1, -0.05) is 35.4 Å². The van der Waals surface area contributed by atoms with Crippen LogP contribution in [0.4, 0.5) is 0 Å². The molecule has 1 atom stereocenters. The van der Waals surface area contributed by atoms with Crippen LogP contribution in [-0.4, -0.2) is 37.6 Å². The fraction of sp³-hybridized carbons (Fsp3) is 0.286. The fourth-order valence-corrected chi connectivity index (χ4v) is 3.05. The number of fused-ring (bicyclic) bond motifs is 1. The summed E-state index contributed by atoms with van der Waals surface area (Å²) in [5, 5.41) is 12.5. The van der Waals surface area contributed by atoms with E-state index in [1.807, 2.05) is 32.1 Å². The van der Waals surface area contributed by atoms with E-state index in [-0.39, 0.29) is 23.4 Å². The predicted octanol–water partition coefficient (Wildman–Crippen LogP) is 2.89. The zero-order chi connectivity index (χ0) is 21.1. The molecule has 0 radical (unpaired) electrons. The van der Waals surface area contributed by atoms with E-state index in [9.17, 15) is 14.7 Å². The zero-order valence-electron chi connectivity index (χ0n) is 16.5. The highest BCUT2D eigenvalue weighted by molar-refractivity contribution is 6.30. The molecule has 0 bridgehead atoms. The van der Waals surface area contributed by atoms with Gasteiger partial charge in [0.25, 0.3) is 11.5 Å². The van der Waals surface area contributed by atoms with Gasteiger partial charge in [-0.15, -0.1) is 0 Å². The van der Waals surface area contributed by atoms with Crippen LogP contribution in [0.1, 0.15) is 31.3 Å². The molecular formula is C21H23ClN4O3. The number of nitrogens with one attached hydrogen (secondary N) is 1. The van der Waals surface area contributed by atoms with Crippen LogP contribution in [0, 0.1) is 0 Å². The molecule has 1 unspecified atom stereocenters. The molecule has 0 spiro atoms. The molecule has 3 aromatic rings. The van der Waals surface area contributed by atoms with E-state index < -0.39 is 12.0 Å². The third kappa shape index (κ3) is 4.75. The molecule has 1 amide bonds. The van der Waals surface area contributed by atoms with E-state index in [1.54, 1.807) is 34.2 Å². The van der Waals surface area contributed by atoms with Crippen molar-refractivity contribution in [3.63, 3.8) is 0 Å². The van der Waals surface area contributed by atoms with Crippen LogP contribution in [0.15, 0.2) is 53.1 Å². The molecule has 152 valence electrons. The van der Waals surface area contributed by atoms with Gasteiger partial charge in [-0.05, 0) is 32.9 Å². The second-order valence-corrected chi connectivity index (χ2v) is 7.57. The van der Waals surface area contributed by atoms with E-state index in [2.05, 4.69) is 10.3 Å². The minimum atomic E-state index is -0.674. The summed E-state index contributed by atoms with van der Waals surface area (Å²) in [6, 6.07) is 7.25. The SMILES string of the molecule is CC(C)=CCn1c(-c2cccc(Cl)c2)cn2cc(C(=O)NCC(C)O)nc2c1=O. The van der Waals surface area contributed by atoms with Crippen LogP contribution in [0.5, 0.6) is 0 Å². The quantitative estimate of drug-likeness (QED) is 0.607. The van der Waals surface area contributed by atoms with Crippen LogP contribution in [0.3, 0.4) is 0 Å². The second-order valence-electron chi connectivity index (χ2n) is 7.14. The topological polar surface area (TPSA) is 88.6 Å². The standard InChI is InChI=1S/C21H23ClN4O3/c1-13(2)7-8-26-18(15-5-4-6-16(22)9-15)12-25-11-17(24-19(25)21(26)29)20(28)23-10-14(3)27/h4-7,9,11-12,14,27H,8,10H2,1-3H3,(H,23,28). The smallest absolute Gasteiger partial charge is 0.295 e. The van der Waals surface area contributed by atoms with Crippen molar-refractivity contribution in [1.82, 2.24) is 19.3 Å². The van der Waals surface area contributed by atoms with Gasteiger partial charge in [0.05, 0.1) is 11.8 Å². The summed E-state index contributed by atoms with van der Waals surface area (Å²) < 4.78 is 3.16. The maximum Gasteiger partial charge on any atom is 0.295 e. The van der Waals surface area contributed by atoms with E-state index in [4.69, 9.17) is 11.6 Å². The number of nitrogens with zero attached hydrogens (tertiary/aromatic N) is 3. The van der Waals surface area contributed by atoms with E-state index in [1.165, 1.54) is 6.20 Å². The van der Waals surface area contributed by atoms with Crippen LogP contribution in [0.2, 0.25) is 5.02 Å². The molecule has 29 heavy (non-hydrogen) atoms. The minimum Gasteiger partial charge on any atom is -0.392 e. The molecule has 2 N–H and O–H groups in total. The molecule has 3 rings (SSSR count). The second kappa shape index (κ2) is 8.63. The largest absolute Gasteiger partial charge is 0.392 e. The Kier molecular flexibility index (Phi) is 6.20. The van der Waals surface area contributed by atoms with Crippen molar-refractivity contribution in [2.75, 3.05) is 6.54 Å². The predicted molar refractivity (Wildman–Crippen MR) is 113 cm³/mol. The van der Waals surface area contributed by atoms with Gasteiger partial charge < -0.3 is 10.4 Å². The Labute approximate surface area is 173 Å². The van der Waals surface area contributed by atoms with Gasteiger partial charge in [0.15, 0.2) is 0 Å². The van der Waals surface area contributed by atoms with Crippen molar-refractivity contribution in [1.29, 1.82) is 0 Å². The molecule has 0 aliphatic carbocycles. The van der Waals surface area contributed by atoms with Crippen molar-refractivity contribution in [2.45, 2.75) is 33.4 Å². The van der Waals surface area contributed by atoms with Crippen LogP contribution in [0.25, 0.3) is 16.9 Å². The molecule has 0 aliphatic rings. The van der Waals surface area contributed by atoms with Gasteiger partial charge in [0.2, 0.25) is 5.65 Å². The normalized spacial score (nSPS) is 12.0. The highest BCUT2D eigenvalue weighted by Gasteiger charge is 2.17. The molecule has 1 aromatic carbocycles. The molecular weight excluding hydrogens is 392 g/mol. The molecule has 0 aliphatic heterocycles. The Hall–Kier alpha value is -2.90. The Balaban J connectivity index is 2.15. The third-order valence-electron chi connectivity index (χ3n) is 4.31. The lowest BCUT2D eigenvalue weighted by molar-refractivity contribution is 0.0919. The van der Waals surface area contributed by atoms with Gasteiger partial charge in [-0.25, -0.2) is 4.98 Å². The lowest BCUT2D eigenvalue weighted by atomic mass is 10.1. The highest BCUT2D eigenvalue weighted by Crippen LogP contribution is 2.22. The van der Waals surface area contributed by atoms with Crippen LogP contribution in [-0.2, 0) is 6.54 Å². The van der Waals surface area contributed by atoms with E-state index in [0.717, 1.165) is 11.1 Å². The number of imidazole rings is 1. The summed E-state index contributed by atoms with van der Waals surface area (Å²) in [6.07, 6.45) is 4.55. The first-order valence-corrected chi connectivity index (χ1v) is 9.62. The van der Waals surface area contributed by atoms with E-state index >= 15 is 0 Å². The van der Waals surface area contributed by atoms with Gasteiger partial charge >= 0.3 is 0 Å². The van der Waals surface area contributed by atoms with Gasteiger partial charge in [0, 0.05) is 36.1 Å². The van der Waals surface area contributed by atoms with Crippen molar-refractivity contribution in [3.05, 3.63) is 69.4 Å². The maximum absolute atomic E-state index is 13.2. The Bertz CT molecular complexity index is 1140. The maximum atomic E-state index is 13.2. The summed E-state index contributed by atoms with van der Waals surface area (Å²) in [5.41, 5.74) is 2.48. The lowest BCUT2D eigenvalue weighted by Gasteiger charge is -2.12. The fourth-order valence-electron chi connectivity index (χ4n) is 2.86. The van der Waals surface area contributed by atoms with Crippen LogP contribution >= 0.6 is 11.6 Å². The first-order chi connectivity index (χ1) is 13.8. The highest BCUT2D eigenvalue weighted by atomic mass is 35.5. The third-order valence-corrected chi connectivity index (χ3v) is 4.55. The number of allylic oxidation sites excluding steroid dienone is 2. The molecule has 2 aromatic heterocycles. The summed E-state index contributed by atoms with van der Waals surface area (Å²) in [7, 11) is 0. The van der Waals surface area contributed by atoms with Gasteiger partial charge in [0.1, 0.15) is 5.69 Å². The molecule has 0 saturated carbocycles. The minimum absolute atomic E-state index is 0.102. The molecule has 0 fully saturated rings. The monoisotopic (exact) mass is 414 g/mol. The number of carbonyl (C=O) groups excluding carboxylic acids is 1. The number of aliphatic hydroxyl groups excluding tert-OH is 1. The molecule has 7 nitrogen and oxygen atoms in total. The molecule has 8 heteroatoms. The number of carbonyl (C=O) groups is 1. The number of amides is 1. The number of halogens is 1. The number of hydrogen-bond acceptors (Lipinski definition) is 4. The number of rotatable bonds is 6. The van der Waals surface area contributed by atoms with Crippen molar-refractivity contribution in [2.24, 2.45) is 0 Å². The number of hydrogen-bond donors (Lipinski definition) is 2. The Morgan fingerprint density at radius 3 is 2.76 bits per heavy atom. The first-order valence-electron chi connectivity index (χ1n) is 9.24. The zero-order valence-corrected chi connectivity index (χ0v) is 17.3. The Morgan fingerprint density at radius 1 is 1.34 bits per heavy atom. The molecule has 2 heterocycles. The van der Waals surface area contributed by atoms with Crippen molar-refractivity contribution in [3.8, 4) is 11.3 Å². The van der Waals surface area contributed by atoms with Gasteiger partial charge in [-0.2, -0.15) is 0 Å². The van der Waals surface area contributed by atoms with Gasteiger partial charge in [-0.3, -0.25) is 18.6 Å². The van der Waals surface area contributed by atoms with E-state index in [0.29, 0.717) is 17.3 Å². The summed E-state index contributed by atoms with van der Waals surface area (Å²) in [5.74, 6) is -0.450. The Morgan fingerprint density at radius 2 is 2.10 bits per heavy atom. The number of benzene rings is 1. The first kappa shape index (κ1) is 20.8. The van der Waals surface area contributed by atoms with Crippen molar-refractivity contribution < 1.29 is 9.90 Å². The average molecular weight is 415 g/mol. The summed E-state index contributed by atoms with van der Waals surface area (Å²) >= 11 is 6.15. The molecule has 0 saturated heterocycles. The van der Waals surface area contributed by atoms with Crippen molar-refractivity contribution >= 4 is 23.2 Å². The van der Waals surface area contributed by atoms with Crippen LogP contribution < -0.4 is 10.9 Å². The number of aromatic nitrogens is 3. The summed E-state index contributed by atoms with van der Waals surface area (Å²) in [4.78, 5) is 29.7. The number of aliphatic hydroxyl groups is 1. The lowest BCUT2D eigenvalue weighted by Crippen LogP contribution is -2.30. The summed E-state index contributed by atoms with van der Waals surface area (Å²) in [6.45, 7) is 5.97.